The molecule has 3 aromatic rings. The van der Waals surface area contributed by atoms with Crippen molar-refractivity contribution in [1.29, 1.82) is 5.26 Å². The lowest BCUT2D eigenvalue weighted by Gasteiger charge is -2.11. The summed E-state index contributed by atoms with van der Waals surface area (Å²) >= 11 is 0. The van der Waals surface area contributed by atoms with Crippen LogP contribution in [0.3, 0.4) is 0 Å². The quantitative estimate of drug-likeness (QED) is 0.618. The minimum Gasteiger partial charge on any atom is -0.462 e. The number of pyridine rings is 1. The first-order valence-electron chi connectivity index (χ1n) is 8.91. The average Bonchev–Trinajstić information content (AvgIpc) is 2.75. The molecule has 1 aromatic heterocycles. The summed E-state index contributed by atoms with van der Waals surface area (Å²) in [4.78, 5) is 28.6. The molecule has 0 saturated heterocycles. The largest absolute Gasteiger partial charge is 0.462 e. The number of carbonyl (C=O) groups is 2. The van der Waals surface area contributed by atoms with Crippen LogP contribution in [0, 0.1) is 11.3 Å². The van der Waals surface area contributed by atoms with Crippen LogP contribution in [-0.2, 0) is 4.74 Å². The van der Waals surface area contributed by atoms with Crippen molar-refractivity contribution in [2.75, 3.05) is 17.2 Å². The fourth-order valence-electron chi connectivity index (χ4n) is 2.56. The summed E-state index contributed by atoms with van der Waals surface area (Å²) in [5.74, 6) is -0.782. The Labute approximate surface area is 168 Å². The molecule has 2 N–H and O–H groups in total. The van der Waals surface area contributed by atoms with E-state index in [4.69, 9.17) is 10.00 Å². The van der Waals surface area contributed by atoms with Gasteiger partial charge in [-0.3, -0.25) is 4.79 Å². The Kier molecular flexibility index (Phi) is 6.18. The average molecular weight is 386 g/mol. The minimum absolute atomic E-state index is 0.235. The number of rotatable bonds is 6. The Morgan fingerprint density at radius 3 is 2.41 bits per heavy atom. The predicted molar refractivity (Wildman–Crippen MR) is 109 cm³/mol. The minimum atomic E-state index is -0.415. The molecule has 0 atom stereocenters. The number of nitrogens with zero attached hydrogens (tertiary/aromatic N) is 2. The zero-order valence-corrected chi connectivity index (χ0v) is 15.7. The normalized spacial score (nSPS) is 9.93. The summed E-state index contributed by atoms with van der Waals surface area (Å²) in [6.07, 6.45) is 1.51. The summed E-state index contributed by atoms with van der Waals surface area (Å²) < 4.78 is 5.06. The number of anilines is 3. The smallest absolute Gasteiger partial charge is 0.340 e. The van der Waals surface area contributed by atoms with Crippen LogP contribution in [0.4, 0.5) is 17.1 Å². The number of esters is 1. The monoisotopic (exact) mass is 386 g/mol. The van der Waals surface area contributed by atoms with Crippen molar-refractivity contribution in [2.45, 2.75) is 6.92 Å². The van der Waals surface area contributed by atoms with Crippen LogP contribution in [0.1, 0.15) is 33.3 Å². The van der Waals surface area contributed by atoms with Crippen molar-refractivity contribution in [2.24, 2.45) is 0 Å². The van der Waals surface area contributed by atoms with E-state index in [0.29, 0.717) is 28.2 Å². The Morgan fingerprint density at radius 1 is 1.03 bits per heavy atom. The number of para-hydroxylation sites is 1. The Morgan fingerprint density at radius 2 is 1.76 bits per heavy atom. The molecule has 1 amide bonds. The van der Waals surface area contributed by atoms with E-state index in [9.17, 15) is 9.59 Å². The van der Waals surface area contributed by atoms with E-state index in [0.717, 1.165) is 0 Å². The van der Waals surface area contributed by atoms with Crippen LogP contribution in [0.15, 0.2) is 66.9 Å². The van der Waals surface area contributed by atoms with E-state index in [2.05, 4.69) is 15.6 Å². The van der Waals surface area contributed by atoms with Gasteiger partial charge in [0.05, 0.1) is 41.4 Å². The van der Waals surface area contributed by atoms with Gasteiger partial charge in [-0.15, -0.1) is 0 Å². The first kappa shape index (κ1) is 19.6. The van der Waals surface area contributed by atoms with Gasteiger partial charge in [-0.1, -0.05) is 12.1 Å². The van der Waals surface area contributed by atoms with Gasteiger partial charge in [-0.25, -0.2) is 9.78 Å². The van der Waals surface area contributed by atoms with E-state index in [-0.39, 0.29) is 18.2 Å². The highest BCUT2D eigenvalue weighted by Crippen LogP contribution is 2.21. The van der Waals surface area contributed by atoms with Gasteiger partial charge in [-0.2, -0.15) is 5.26 Å². The number of amides is 1. The maximum absolute atomic E-state index is 12.3. The van der Waals surface area contributed by atoms with Gasteiger partial charge < -0.3 is 15.4 Å². The van der Waals surface area contributed by atoms with Gasteiger partial charge in [0, 0.05) is 5.69 Å². The van der Waals surface area contributed by atoms with Gasteiger partial charge in [0.1, 0.15) is 5.69 Å². The van der Waals surface area contributed by atoms with Crippen LogP contribution in [0.5, 0.6) is 0 Å². The van der Waals surface area contributed by atoms with Gasteiger partial charge in [-0.05, 0) is 55.5 Å². The first-order chi connectivity index (χ1) is 14.1. The van der Waals surface area contributed by atoms with E-state index in [1.165, 1.54) is 6.20 Å². The molecule has 0 aliphatic carbocycles. The zero-order chi connectivity index (χ0) is 20.6. The van der Waals surface area contributed by atoms with E-state index in [1.54, 1.807) is 67.6 Å². The van der Waals surface area contributed by atoms with Crippen molar-refractivity contribution in [1.82, 2.24) is 4.98 Å². The third-order valence-corrected chi connectivity index (χ3v) is 3.97. The summed E-state index contributed by atoms with van der Waals surface area (Å²) in [6, 6.07) is 18.8. The lowest BCUT2D eigenvalue weighted by atomic mass is 10.1. The number of benzene rings is 2. The van der Waals surface area contributed by atoms with E-state index in [1.807, 2.05) is 6.07 Å². The first-order valence-corrected chi connectivity index (χ1v) is 8.91. The Hall–Kier alpha value is -4.18. The van der Waals surface area contributed by atoms with Gasteiger partial charge >= 0.3 is 5.97 Å². The maximum Gasteiger partial charge on any atom is 0.340 e. The van der Waals surface area contributed by atoms with E-state index >= 15 is 0 Å². The molecular weight excluding hydrogens is 368 g/mol. The van der Waals surface area contributed by atoms with Gasteiger partial charge in [0.25, 0.3) is 5.91 Å². The standard InChI is InChI=1S/C22H18N4O3/c1-2-29-22(28)18-5-3-4-6-19(18)25-17-11-12-20(24-14-17)21(27)26-16-9-7-15(13-23)8-10-16/h3-12,14,25H,2H2,1H3,(H,26,27). The topological polar surface area (TPSA) is 104 Å². The molecule has 7 heteroatoms. The molecule has 29 heavy (non-hydrogen) atoms. The molecule has 0 spiro atoms. The molecule has 7 nitrogen and oxygen atoms in total. The van der Waals surface area contributed by atoms with Crippen molar-refractivity contribution >= 4 is 28.9 Å². The maximum atomic E-state index is 12.3. The number of nitrogens with one attached hydrogen (secondary N) is 2. The van der Waals surface area contributed by atoms with Crippen molar-refractivity contribution < 1.29 is 14.3 Å². The molecule has 3 rings (SSSR count). The Balaban J connectivity index is 1.70. The number of hydrogen-bond donors (Lipinski definition) is 2. The molecule has 0 radical (unpaired) electrons. The molecule has 0 aliphatic heterocycles. The van der Waals surface area contributed by atoms with Crippen LogP contribution in [-0.4, -0.2) is 23.5 Å². The molecule has 144 valence electrons. The van der Waals surface area contributed by atoms with Crippen LogP contribution in [0.2, 0.25) is 0 Å². The summed E-state index contributed by atoms with van der Waals surface area (Å²) in [6.45, 7) is 2.04. The number of aromatic nitrogens is 1. The van der Waals surface area contributed by atoms with Crippen molar-refractivity contribution in [3.8, 4) is 6.07 Å². The lowest BCUT2D eigenvalue weighted by Crippen LogP contribution is -2.13. The number of hydrogen-bond acceptors (Lipinski definition) is 6. The molecule has 1 heterocycles. The van der Waals surface area contributed by atoms with Crippen molar-refractivity contribution in [3.05, 3.63) is 83.7 Å². The second-order valence-corrected chi connectivity index (χ2v) is 5.97. The highest BCUT2D eigenvalue weighted by molar-refractivity contribution is 6.03. The summed E-state index contributed by atoms with van der Waals surface area (Å²) in [5.41, 5.74) is 2.94. The highest BCUT2D eigenvalue weighted by atomic mass is 16.5. The lowest BCUT2D eigenvalue weighted by molar-refractivity contribution is 0.0527. The van der Waals surface area contributed by atoms with Crippen LogP contribution in [0.25, 0.3) is 0 Å². The third-order valence-electron chi connectivity index (χ3n) is 3.97. The number of nitriles is 1. The third kappa shape index (κ3) is 4.96. The molecule has 0 unspecified atom stereocenters. The number of ether oxygens (including phenoxy) is 1. The molecule has 0 saturated carbocycles. The van der Waals surface area contributed by atoms with Gasteiger partial charge in [0.2, 0.25) is 0 Å². The molecular formula is C22H18N4O3. The van der Waals surface area contributed by atoms with Crippen molar-refractivity contribution in [3.63, 3.8) is 0 Å². The molecule has 2 aromatic carbocycles. The molecule has 0 aliphatic rings. The number of carbonyl (C=O) groups excluding carboxylic acids is 2. The summed E-state index contributed by atoms with van der Waals surface area (Å²) in [7, 11) is 0. The molecule has 0 bridgehead atoms. The highest BCUT2D eigenvalue weighted by Gasteiger charge is 2.13. The zero-order valence-electron chi connectivity index (χ0n) is 15.7. The fraction of sp³-hybridized carbons (Fsp3) is 0.0909. The van der Waals surface area contributed by atoms with E-state index < -0.39 is 5.97 Å². The van der Waals surface area contributed by atoms with Crippen LogP contribution < -0.4 is 10.6 Å². The molecule has 0 fully saturated rings. The summed E-state index contributed by atoms with van der Waals surface area (Å²) in [5, 5.41) is 14.7. The Bertz CT molecular complexity index is 1050. The SMILES string of the molecule is CCOC(=O)c1ccccc1Nc1ccc(C(=O)Nc2ccc(C#N)cc2)nc1. The van der Waals surface area contributed by atoms with Crippen LogP contribution >= 0.6 is 0 Å². The predicted octanol–water partition coefficient (Wildman–Crippen LogP) is 4.13. The van der Waals surface area contributed by atoms with Gasteiger partial charge in [0.15, 0.2) is 0 Å². The fourth-order valence-corrected chi connectivity index (χ4v) is 2.56. The second-order valence-electron chi connectivity index (χ2n) is 5.97. The second kappa shape index (κ2) is 9.15.